The van der Waals surface area contributed by atoms with Gasteiger partial charge in [0.05, 0.1) is 12.8 Å². The van der Waals surface area contributed by atoms with E-state index in [1.807, 2.05) is 42.5 Å². The molecule has 0 bridgehead atoms. The van der Waals surface area contributed by atoms with Crippen LogP contribution in [0.25, 0.3) is 10.8 Å². The van der Waals surface area contributed by atoms with Gasteiger partial charge in [0, 0.05) is 16.5 Å². The summed E-state index contributed by atoms with van der Waals surface area (Å²) >= 11 is 0. The quantitative estimate of drug-likeness (QED) is 0.443. The van der Waals surface area contributed by atoms with Crippen molar-refractivity contribution in [3.8, 4) is 11.5 Å². The lowest BCUT2D eigenvalue weighted by molar-refractivity contribution is 0.102. The fourth-order valence-corrected chi connectivity index (χ4v) is 3.27. The fourth-order valence-electron chi connectivity index (χ4n) is 3.27. The van der Waals surface area contributed by atoms with Gasteiger partial charge in [0.25, 0.3) is 5.91 Å². The van der Waals surface area contributed by atoms with Gasteiger partial charge < -0.3 is 14.8 Å². The van der Waals surface area contributed by atoms with Crippen LogP contribution in [0.2, 0.25) is 0 Å². The third-order valence-corrected chi connectivity index (χ3v) is 4.80. The van der Waals surface area contributed by atoms with Gasteiger partial charge >= 0.3 is 0 Å². The molecular weight excluding hydrogens is 381 g/mol. The van der Waals surface area contributed by atoms with Crippen molar-refractivity contribution in [1.82, 2.24) is 0 Å². The molecule has 0 saturated carbocycles. The molecule has 0 fully saturated rings. The van der Waals surface area contributed by atoms with Gasteiger partial charge in [-0.2, -0.15) is 0 Å². The Bertz CT molecular complexity index is 1200. The highest BCUT2D eigenvalue weighted by Gasteiger charge is 2.13. The highest BCUT2D eigenvalue weighted by atomic mass is 19.1. The molecule has 0 aliphatic heterocycles. The van der Waals surface area contributed by atoms with E-state index in [1.165, 1.54) is 12.1 Å². The van der Waals surface area contributed by atoms with Crippen LogP contribution in [0.5, 0.6) is 11.5 Å². The number of carbonyl (C=O) groups excluding carboxylic acids is 1. The van der Waals surface area contributed by atoms with Crippen LogP contribution in [0, 0.1) is 5.82 Å². The van der Waals surface area contributed by atoms with Crippen LogP contribution in [0.3, 0.4) is 0 Å². The summed E-state index contributed by atoms with van der Waals surface area (Å²) in [5.41, 5.74) is 1.23. The minimum Gasteiger partial charge on any atom is -0.496 e. The number of rotatable bonds is 6. The van der Waals surface area contributed by atoms with E-state index in [-0.39, 0.29) is 12.3 Å². The van der Waals surface area contributed by atoms with E-state index < -0.39 is 11.7 Å². The van der Waals surface area contributed by atoms with Crippen LogP contribution >= 0.6 is 0 Å². The van der Waals surface area contributed by atoms with Crippen molar-refractivity contribution in [3.05, 3.63) is 102 Å². The Morgan fingerprint density at radius 1 is 0.900 bits per heavy atom. The Morgan fingerprint density at radius 3 is 2.50 bits per heavy atom. The summed E-state index contributed by atoms with van der Waals surface area (Å²) in [5, 5.41) is 4.68. The number of fused-ring (bicyclic) bond motifs is 1. The van der Waals surface area contributed by atoms with Crippen LogP contribution in [0.15, 0.2) is 84.9 Å². The van der Waals surface area contributed by atoms with E-state index >= 15 is 0 Å². The predicted molar refractivity (Wildman–Crippen MR) is 116 cm³/mol. The molecule has 0 heterocycles. The molecule has 5 heteroatoms. The number of hydrogen-bond acceptors (Lipinski definition) is 3. The van der Waals surface area contributed by atoms with Gasteiger partial charge in [0.2, 0.25) is 0 Å². The second-order valence-electron chi connectivity index (χ2n) is 6.73. The normalized spacial score (nSPS) is 10.6. The Labute approximate surface area is 173 Å². The maximum absolute atomic E-state index is 13.8. The molecule has 0 radical (unpaired) electrons. The Morgan fingerprint density at radius 2 is 1.67 bits per heavy atom. The highest BCUT2D eigenvalue weighted by Crippen LogP contribution is 2.28. The average Bonchev–Trinajstić information content (AvgIpc) is 2.79. The number of amides is 1. The highest BCUT2D eigenvalue weighted by molar-refractivity contribution is 6.04. The van der Waals surface area contributed by atoms with Gasteiger partial charge in [0.15, 0.2) is 0 Å². The number of nitrogens with one attached hydrogen (secondary N) is 1. The molecule has 1 amide bonds. The predicted octanol–water partition coefficient (Wildman–Crippen LogP) is 5.82. The Balaban J connectivity index is 1.57. The number of methoxy groups -OCH3 is 1. The molecule has 4 rings (SSSR count). The first-order chi connectivity index (χ1) is 14.7. The Kier molecular flexibility index (Phi) is 5.61. The topological polar surface area (TPSA) is 47.6 Å². The van der Waals surface area contributed by atoms with Gasteiger partial charge in [-0.25, -0.2) is 4.39 Å². The first kappa shape index (κ1) is 19.5. The number of anilines is 1. The zero-order valence-electron chi connectivity index (χ0n) is 16.4. The second kappa shape index (κ2) is 8.66. The molecule has 0 saturated heterocycles. The first-order valence-corrected chi connectivity index (χ1v) is 9.49. The molecule has 0 aliphatic rings. The van der Waals surface area contributed by atoms with Crippen molar-refractivity contribution < 1.29 is 18.7 Å². The molecule has 0 spiro atoms. The number of benzene rings is 4. The fraction of sp³-hybridized carbons (Fsp3) is 0.0800. The van der Waals surface area contributed by atoms with E-state index in [2.05, 4.69) is 5.32 Å². The van der Waals surface area contributed by atoms with E-state index in [0.29, 0.717) is 16.9 Å². The Hall–Kier alpha value is -3.86. The van der Waals surface area contributed by atoms with Gasteiger partial charge in [0.1, 0.15) is 23.9 Å². The van der Waals surface area contributed by atoms with Gasteiger partial charge in [-0.15, -0.1) is 0 Å². The van der Waals surface area contributed by atoms with Gasteiger partial charge in [-0.1, -0.05) is 48.5 Å². The molecule has 0 aliphatic carbocycles. The second-order valence-corrected chi connectivity index (χ2v) is 6.73. The zero-order valence-corrected chi connectivity index (χ0v) is 16.4. The van der Waals surface area contributed by atoms with Crippen LogP contribution in [-0.2, 0) is 6.61 Å². The van der Waals surface area contributed by atoms with Crippen LogP contribution in [-0.4, -0.2) is 13.0 Å². The molecule has 0 aromatic heterocycles. The van der Waals surface area contributed by atoms with Crippen LogP contribution in [0.4, 0.5) is 10.1 Å². The molecule has 4 aromatic rings. The minimum atomic E-state index is -0.487. The molecule has 4 aromatic carbocycles. The lowest BCUT2D eigenvalue weighted by Crippen LogP contribution is -2.13. The standard InChI is InChI=1S/C25H20FNO3/c1-29-23-14-13-18(25(28)27-22-11-5-4-10-21(22)26)15-19(23)16-30-24-12-6-8-17-7-2-3-9-20(17)24/h2-15H,16H2,1H3,(H,27,28). The summed E-state index contributed by atoms with van der Waals surface area (Å²) in [6.07, 6.45) is 0. The van der Waals surface area contributed by atoms with Gasteiger partial charge in [-0.3, -0.25) is 4.79 Å². The van der Waals surface area contributed by atoms with Crippen LogP contribution in [0.1, 0.15) is 15.9 Å². The van der Waals surface area contributed by atoms with Crippen molar-refractivity contribution in [3.63, 3.8) is 0 Å². The van der Waals surface area contributed by atoms with Gasteiger partial charge in [-0.05, 0) is 41.8 Å². The summed E-state index contributed by atoms with van der Waals surface area (Å²) in [5.74, 6) is 0.460. The maximum Gasteiger partial charge on any atom is 0.255 e. The summed E-state index contributed by atoms with van der Waals surface area (Å²) in [6.45, 7) is 0.220. The van der Waals surface area contributed by atoms with Crippen molar-refractivity contribution >= 4 is 22.4 Å². The molecule has 150 valence electrons. The maximum atomic E-state index is 13.8. The molecule has 4 nitrogen and oxygen atoms in total. The van der Waals surface area contributed by atoms with E-state index in [1.54, 1.807) is 37.4 Å². The number of carbonyl (C=O) groups is 1. The van der Waals surface area contributed by atoms with Crippen molar-refractivity contribution in [2.24, 2.45) is 0 Å². The van der Waals surface area contributed by atoms with E-state index in [9.17, 15) is 9.18 Å². The monoisotopic (exact) mass is 401 g/mol. The number of ether oxygens (including phenoxy) is 2. The van der Waals surface area contributed by atoms with Crippen molar-refractivity contribution in [2.75, 3.05) is 12.4 Å². The zero-order chi connectivity index (χ0) is 20.9. The summed E-state index contributed by atoms with van der Waals surface area (Å²) in [4.78, 5) is 12.6. The third-order valence-electron chi connectivity index (χ3n) is 4.80. The molecule has 0 atom stereocenters. The van der Waals surface area contributed by atoms with Crippen molar-refractivity contribution in [2.45, 2.75) is 6.61 Å². The van der Waals surface area contributed by atoms with Crippen LogP contribution < -0.4 is 14.8 Å². The largest absolute Gasteiger partial charge is 0.496 e. The average molecular weight is 401 g/mol. The first-order valence-electron chi connectivity index (χ1n) is 9.49. The number of para-hydroxylation sites is 1. The lowest BCUT2D eigenvalue weighted by atomic mass is 10.1. The lowest BCUT2D eigenvalue weighted by Gasteiger charge is -2.14. The summed E-state index contributed by atoms with van der Waals surface area (Å²) in [6, 6.07) is 24.9. The smallest absolute Gasteiger partial charge is 0.255 e. The summed E-state index contributed by atoms with van der Waals surface area (Å²) < 4.78 is 25.3. The SMILES string of the molecule is COc1ccc(C(=O)Nc2ccccc2F)cc1COc1cccc2ccccc12. The molecule has 30 heavy (non-hydrogen) atoms. The molecule has 1 N–H and O–H groups in total. The molecular formula is C25H20FNO3. The van der Waals surface area contributed by atoms with Crippen molar-refractivity contribution in [1.29, 1.82) is 0 Å². The minimum absolute atomic E-state index is 0.131. The van der Waals surface area contributed by atoms with E-state index in [4.69, 9.17) is 9.47 Å². The molecule has 0 unspecified atom stereocenters. The van der Waals surface area contributed by atoms with E-state index in [0.717, 1.165) is 16.5 Å². The number of halogens is 1. The third kappa shape index (κ3) is 4.10. The summed E-state index contributed by atoms with van der Waals surface area (Å²) in [7, 11) is 1.57. The number of hydrogen-bond donors (Lipinski definition) is 1.